The van der Waals surface area contributed by atoms with Crippen molar-refractivity contribution >= 4 is 0 Å². The molecule has 1 aromatic rings. The van der Waals surface area contributed by atoms with E-state index in [2.05, 4.69) is 10.4 Å². The molecule has 1 aliphatic carbocycles. The third-order valence-electron chi connectivity index (χ3n) is 3.62. The van der Waals surface area contributed by atoms with Crippen molar-refractivity contribution in [2.45, 2.75) is 51.0 Å². The van der Waals surface area contributed by atoms with Crippen LogP contribution in [0.5, 0.6) is 0 Å². The quantitative estimate of drug-likeness (QED) is 0.843. The van der Waals surface area contributed by atoms with Gasteiger partial charge in [0.15, 0.2) is 0 Å². The zero-order valence-electron chi connectivity index (χ0n) is 11.6. The molecule has 0 spiro atoms. The Labute approximate surface area is 116 Å². The summed E-state index contributed by atoms with van der Waals surface area (Å²) in [5.74, 6) is 0.286. The molecule has 114 valence electrons. The molecule has 0 aliphatic heterocycles. The molecule has 1 atom stereocenters. The molecule has 20 heavy (non-hydrogen) atoms. The van der Waals surface area contributed by atoms with Crippen LogP contribution in [0.1, 0.15) is 32.3 Å². The van der Waals surface area contributed by atoms with Crippen LogP contribution < -0.4 is 5.32 Å². The molecule has 0 radical (unpaired) electrons. The molecule has 1 unspecified atom stereocenters. The fraction of sp³-hybridized carbons (Fsp3) is 0.769. The number of rotatable bonds is 6. The van der Waals surface area contributed by atoms with Gasteiger partial charge in [-0.25, -0.2) is 0 Å². The van der Waals surface area contributed by atoms with Crippen LogP contribution >= 0.6 is 0 Å². The molecular weight excluding hydrogens is 271 g/mol. The molecule has 0 aromatic carbocycles. The van der Waals surface area contributed by atoms with Gasteiger partial charge >= 0.3 is 6.18 Å². The smallest absolute Gasteiger partial charge is 0.394 e. The van der Waals surface area contributed by atoms with Gasteiger partial charge in [0.1, 0.15) is 0 Å². The van der Waals surface area contributed by atoms with E-state index in [0.29, 0.717) is 0 Å². The van der Waals surface area contributed by atoms with Gasteiger partial charge in [-0.1, -0.05) is 13.8 Å². The summed E-state index contributed by atoms with van der Waals surface area (Å²) < 4.78 is 39.0. The zero-order chi connectivity index (χ0) is 15.0. The van der Waals surface area contributed by atoms with Crippen molar-refractivity contribution in [3.63, 3.8) is 0 Å². The normalized spacial score (nSPS) is 19.4. The molecule has 2 rings (SSSR count). The first kappa shape index (κ1) is 15.3. The highest BCUT2D eigenvalue weighted by atomic mass is 19.4. The lowest BCUT2D eigenvalue weighted by atomic mass is 9.93. The number of aliphatic hydroxyl groups excluding tert-OH is 1. The lowest BCUT2D eigenvalue weighted by Crippen LogP contribution is -2.56. The van der Waals surface area contributed by atoms with Crippen molar-refractivity contribution in [2.75, 3.05) is 6.61 Å². The minimum atomic E-state index is -4.38. The Kier molecular flexibility index (Phi) is 4.11. The van der Waals surface area contributed by atoms with Crippen LogP contribution in [-0.4, -0.2) is 33.1 Å². The maximum Gasteiger partial charge on any atom is 0.419 e. The third-order valence-corrected chi connectivity index (χ3v) is 3.62. The molecule has 1 saturated carbocycles. The highest BCUT2D eigenvalue weighted by Crippen LogP contribution is 2.41. The molecule has 1 aromatic heterocycles. The topological polar surface area (TPSA) is 50.1 Å². The van der Waals surface area contributed by atoms with E-state index in [4.69, 9.17) is 0 Å². The molecular formula is C13H20F3N3O. The first-order valence-electron chi connectivity index (χ1n) is 6.75. The number of hydrogen-bond donors (Lipinski definition) is 2. The summed E-state index contributed by atoms with van der Waals surface area (Å²) in [4.78, 5) is 0. The van der Waals surface area contributed by atoms with Gasteiger partial charge in [-0.2, -0.15) is 18.3 Å². The summed E-state index contributed by atoms with van der Waals surface area (Å²) in [5.41, 5.74) is -1.35. The second-order valence-corrected chi connectivity index (χ2v) is 5.81. The van der Waals surface area contributed by atoms with Gasteiger partial charge in [0.2, 0.25) is 0 Å². The summed E-state index contributed by atoms with van der Waals surface area (Å²) in [6.07, 6.45) is -0.605. The minimum absolute atomic E-state index is 0.114. The second kappa shape index (κ2) is 5.37. The van der Waals surface area contributed by atoms with Crippen molar-refractivity contribution in [3.8, 4) is 0 Å². The number of nitrogens with zero attached hydrogens (tertiary/aromatic N) is 2. The van der Waals surface area contributed by atoms with Gasteiger partial charge in [-0.15, -0.1) is 0 Å². The van der Waals surface area contributed by atoms with Crippen LogP contribution in [0.25, 0.3) is 0 Å². The molecule has 4 nitrogen and oxygen atoms in total. The van der Waals surface area contributed by atoms with E-state index in [1.54, 1.807) is 0 Å². The van der Waals surface area contributed by atoms with E-state index in [9.17, 15) is 18.3 Å². The van der Waals surface area contributed by atoms with Gasteiger partial charge < -0.3 is 10.4 Å². The maximum atomic E-state index is 12.6. The van der Waals surface area contributed by atoms with Crippen LogP contribution in [0.15, 0.2) is 12.4 Å². The van der Waals surface area contributed by atoms with Gasteiger partial charge in [0, 0.05) is 12.2 Å². The predicted octanol–water partition coefficient (Wildman–Crippen LogP) is 2.04. The SMILES string of the molecule is CC(C)NC(CO)(Cn1cc(C(F)(F)F)cn1)C1CC1. The van der Waals surface area contributed by atoms with Crippen LogP contribution in [0.4, 0.5) is 13.2 Å². The van der Waals surface area contributed by atoms with Crippen LogP contribution in [-0.2, 0) is 12.7 Å². The van der Waals surface area contributed by atoms with E-state index in [1.165, 1.54) is 4.68 Å². The Hall–Kier alpha value is -1.08. The van der Waals surface area contributed by atoms with Crippen LogP contribution in [0, 0.1) is 5.92 Å². The molecule has 0 bridgehead atoms. The Morgan fingerprint density at radius 2 is 2.10 bits per heavy atom. The fourth-order valence-electron chi connectivity index (χ4n) is 2.61. The number of alkyl halides is 3. The lowest BCUT2D eigenvalue weighted by Gasteiger charge is -2.35. The number of aliphatic hydroxyl groups is 1. The number of nitrogens with one attached hydrogen (secondary N) is 1. The van der Waals surface area contributed by atoms with Gasteiger partial charge in [0.05, 0.1) is 30.5 Å². The lowest BCUT2D eigenvalue weighted by molar-refractivity contribution is -0.137. The highest BCUT2D eigenvalue weighted by molar-refractivity contribution is 5.10. The van der Waals surface area contributed by atoms with Crippen LogP contribution in [0.3, 0.4) is 0 Å². The summed E-state index contributed by atoms with van der Waals surface area (Å²) in [6.45, 7) is 4.04. The van der Waals surface area contributed by atoms with E-state index < -0.39 is 17.3 Å². The average Bonchev–Trinajstić information content (AvgIpc) is 3.07. The summed E-state index contributed by atoms with van der Waals surface area (Å²) in [5, 5.41) is 16.8. The number of hydrogen-bond acceptors (Lipinski definition) is 3. The molecule has 2 N–H and O–H groups in total. The first-order chi connectivity index (χ1) is 9.27. The first-order valence-corrected chi connectivity index (χ1v) is 6.75. The number of aromatic nitrogens is 2. The Morgan fingerprint density at radius 1 is 1.45 bits per heavy atom. The Morgan fingerprint density at radius 3 is 2.50 bits per heavy atom. The summed E-state index contributed by atoms with van der Waals surface area (Å²) >= 11 is 0. The molecule has 1 aliphatic rings. The predicted molar refractivity (Wildman–Crippen MR) is 68.0 cm³/mol. The second-order valence-electron chi connectivity index (χ2n) is 5.81. The highest BCUT2D eigenvalue weighted by Gasteiger charge is 2.45. The largest absolute Gasteiger partial charge is 0.419 e. The molecule has 0 amide bonds. The molecule has 1 heterocycles. The Bertz CT molecular complexity index is 454. The van der Waals surface area contributed by atoms with Gasteiger partial charge in [-0.05, 0) is 18.8 Å². The zero-order valence-corrected chi connectivity index (χ0v) is 11.6. The van der Waals surface area contributed by atoms with E-state index in [1.807, 2.05) is 13.8 Å². The maximum absolute atomic E-state index is 12.6. The fourth-order valence-corrected chi connectivity index (χ4v) is 2.61. The summed E-state index contributed by atoms with van der Waals surface area (Å²) in [7, 11) is 0. The average molecular weight is 291 g/mol. The third kappa shape index (κ3) is 3.32. The molecule has 1 fully saturated rings. The van der Waals surface area contributed by atoms with Crippen molar-refractivity contribution in [3.05, 3.63) is 18.0 Å². The minimum Gasteiger partial charge on any atom is -0.394 e. The van der Waals surface area contributed by atoms with Crippen molar-refractivity contribution < 1.29 is 18.3 Å². The molecule has 7 heteroatoms. The Balaban J connectivity index is 2.17. The van der Waals surface area contributed by atoms with Crippen molar-refractivity contribution in [1.29, 1.82) is 0 Å². The van der Waals surface area contributed by atoms with Crippen molar-refractivity contribution in [1.82, 2.24) is 15.1 Å². The number of halogens is 3. The van der Waals surface area contributed by atoms with Crippen molar-refractivity contribution in [2.24, 2.45) is 5.92 Å². The summed E-state index contributed by atoms with van der Waals surface area (Å²) in [6, 6.07) is 0.139. The van der Waals surface area contributed by atoms with Gasteiger partial charge in [0.25, 0.3) is 0 Å². The van der Waals surface area contributed by atoms with E-state index in [-0.39, 0.29) is 25.1 Å². The monoisotopic (exact) mass is 291 g/mol. The van der Waals surface area contributed by atoms with Crippen LogP contribution in [0.2, 0.25) is 0 Å². The van der Waals surface area contributed by atoms with Gasteiger partial charge in [-0.3, -0.25) is 4.68 Å². The van der Waals surface area contributed by atoms with E-state index >= 15 is 0 Å². The van der Waals surface area contributed by atoms with E-state index in [0.717, 1.165) is 25.2 Å². The molecule has 0 saturated heterocycles. The standard InChI is InChI=1S/C13H20F3N3O/c1-9(2)18-12(8-20,10-3-4-10)7-19-6-11(5-17-19)13(14,15)16/h5-6,9-10,18,20H,3-4,7-8H2,1-2H3.